The number of carbonyl (C=O) groups excluding carboxylic acids is 1. The van der Waals surface area contributed by atoms with E-state index in [0.717, 1.165) is 0 Å². The molecule has 0 aliphatic carbocycles. The molecule has 1 fully saturated rings. The first-order valence-electron chi connectivity index (χ1n) is 4.86. The zero-order chi connectivity index (χ0) is 10.8. The van der Waals surface area contributed by atoms with Gasteiger partial charge in [0.1, 0.15) is 0 Å². The number of carbonyl (C=O) groups is 1. The molecule has 0 unspecified atom stereocenters. The van der Waals surface area contributed by atoms with Crippen molar-refractivity contribution < 1.29 is 9.90 Å². The van der Waals surface area contributed by atoms with Crippen molar-refractivity contribution in [1.29, 1.82) is 0 Å². The van der Waals surface area contributed by atoms with Gasteiger partial charge in [-0.1, -0.05) is 0 Å². The summed E-state index contributed by atoms with van der Waals surface area (Å²) >= 11 is 0. The van der Waals surface area contributed by atoms with E-state index < -0.39 is 6.10 Å². The monoisotopic (exact) mass is 207 g/mol. The van der Waals surface area contributed by atoms with Gasteiger partial charge in [-0.2, -0.15) is 0 Å². The van der Waals surface area contributed by atoms with Crippen molar-refractivity contribution in [2.75, 3.05) is 18.8 Å². The average Bonchev–Trinajstić information content (AvgIpc) is 2.65. The van der Waals surface area contributed by atoms with Crippen molar-refractivity contribution in [2.45, 2.75) is 12.5 Å². The van der Waals surface area contributed by atoms with Crippen molar-refractivity contribution in [3.8, 4) is 0 Å². The van der Waals surface area contributed by atoms with Crippen LogP contribution in [0.3, 0.4) is 0 Å². The number of amides is 1. The first kappa shape index (κ1) is 9.92. The number of nitrogen functional groups attached to an aromatic ring is 1. The molecular formula is C10H13N3O2. The minimum Gasteiger partial charge on any atom is -0.397 e. The molecule has 1 aliphatic heterocycles. The van der Waals surface area contributed by atoms with Gasteiger partial charge in [-0.3, -0.25) is 4.79 Å². The Labute approximate surface area is 87.5 Å². The lowest BCUT2D eigenvalue weighted by Gasteiger charge is -2.15. The number of rotatable bonds is 1. The summed E-state index contributed by atoms with van der Waals surface area (Å²) < 4.78 is 0. The zero-order valence-electron chi connectivity index (χ0n) is 8.26. The van der Waals surface area contributed by atoms with Crippen LogP contribution in [0.4, 0.5) is 5.69 Å². The largest absolute Gasteiger partial charge is 0.397 e. The number of aromatic nitrogens is 1. The van der Waals surface area contributed by atoms with E-state index in [0.29, 0.717) is 25.2 Å². The van der Waals surface area contributed by atoms with E-state index in [9.17, 15) is 9.90 Å². The molecular weight excluding hydrogens is 194 g/mol. The second kappa shape index (κ2) is 3.86. The lowest BCUT2D eigenvalue weighted by Crippen LogP contribution is -2.30. The smallest absolute Gasteiger partial charge is 0.274 e. The molecule has 1 atom stereocenters. The van der Waals surface area contributed by atoms with E-state index in [1.54, 1.807) is 17.0 Å². The van der Waals surface area contributed by atoms with Crippen molar-refractivity contribution in [2.24, 2.45) is 0 Å². The van der Waals surface area contributed by atoms with Crippen LogP contribution in [0.1, 0.15) is 16.9 Å². The average molecular weight is 207 g/mol. The van der Waals surface area contributed by atoms with Crippen molar-refractivity contribution in [3.63, 3.8) is 0 Å². The molecule has 1 aromatic heterocycles. The summed E-state index contributed by atoms with van der Waals surface area (Å²) in [6.45, 7) is 0.935. The minimum atomic E-state index is -0.418. The van der Waals surface area contributed by atoms with Gasteiger partial charge in [0.15, 0.2) is 5.69 Å². The molecule has 1 saturated heterocycles. The predicted octanol–water partition coefficient (Wildman–Crippen LogP) is -0.129. The summed E-state index contributed by atoms with van der Waals surface area (Å²) in [6, 6.07) is 3.33. The first-order valence-corrected chi connectivity index (χ1v) is 4.86. The van der Waals surface area contributed by atoms with Crippen molar-refractivity contribution in [1.82, 2.24) is 9.88 Å². The number of nitrogens with zero attached hydrogens (tertiary/aromatic N) is 2. The fourth-order valence-corrected chi connectivity index (χ4v) is 1.67. The summed E-state index contributed by atoms with van der Waals surface area (Å²) in [5.74, 6) is -0.204. The molecule has 0 aromatic carbocycles. The molecule has 0 radical (unpaired) electrons. The van der Waals surface area contributed by atoms with Gasteiger partial charge in [0.05, 0.1) is 11.8 Å². The van der Waals surface area contributed by atoms with Crippen LogP contribution in [0.15, 0.2) is 18.3 Å². The number of β-amino-alcohol motifs (C(OH)–C–C–N with tert-alkyl or cyclic N) is 1. The Morgan fingerprint density at radius 2 is 2.47 bits per heavy atom. The van der Waals surface area contributed by atoms with Gasteiger partial charge in [0, 0.05) is 19.3 Å². The maximum atomic E-state index is 11.9. The number of aliphatic hydroxyl groups excluding tert-OH is 1. The molecule has 5 heteroatoms. The van der Waals surface area contributed by atoms with Gasteiger partial charge < -0.3 is 15.7 Å². The van der Waals surface area contributed by atoms with Crippen LogP contribution >= 0.6 is 0 Å². The number of pyridine rings is 1. The number of hydrogen-bond acceptors (Lipinski definition) is 4. The van der Waals surface area contributed by atoms with E-state index in [1.807, 2.05) is 0 Å². The number of hydrogen-bond donors (Lipinski definition) is 2. The number of likely N-dealkylation sites (tertiary alicyclic amines) is 1. The van der Waals surface area contributed by atoms with Gasteiger partial charge in [0.2, 0.25) is 0 Å². The third kappa shape index (κ3) is 1.92. The molecule has 1 amide bonds. The molecule has 2 rings (SSSR count). The second-order valence-corrected chi connectivity index (χ2v) is 3.63. The summed E-state index contributed by atoms with van der Waals surface area (Å²) in [6.07, 6.45) is 1.74. The number of anilines is 1. The number of aliphatic hydroxyl groups is 1. The quantitative estimate of drug-likeness (QED) is 0.672. The summed E-state index contributed by atoms with van der Waals surface area (Å²) in [5.41, 5.74) is 6.30. The first-order chi connectivity index (χ1) is 7.18. The topological polar surface area (TPSA) is 79.5 Å². The normalized spacial score (nSPS) is 20.6. The van der Waals surface area contributed by atoms with Crippen LogP contribution < -0.4 is 5.73 Å². The van der Waals surface area contributed by atoms with Crippen LogP contribution in [0.2, 0.25) is 0 Å². The fourth-order valence-electron chi connectivity index (χ4n) is 1.67. The van der Waals surface area contributed by atoms with Crippen LogP contribution in [-0.2, 0) is 0 Å². The highest BCUT2D eigenvalue weighted by atomic mass is 16.3. The van der Waals surface area contributed by atoms with E-state index in [2.05, 4.69) is 4.98 Å². The molecule has 0 bridgehead atoms. The Hall–Kier alpha value is -1.62. The number of nitrogens with two attached hydrogens (primary N) is 1. The Bertz CT molecular complexity index is 381. The van der Waals surface area contributed by atoms with Crippen molar-refractivity contribution in [3.05, 3.63) is 24.0 Å². The van der Waals surface area contributed by atoms with E-state index in [4.69, 9.17) is 5.73 Å². The Kier molecular flexibility index (Phi) is 2.55. The van der Waals surface area contributed by atoms with Gasteiger partial charge in [-0.25, -0.2) is 4.98 Å². The molecule has 3 N–H and O–H groups in total. The maximum absolute atomic E-state index is 11.9. The fraction of sp³-hybridized carbons (Fsp3) is 0.400. The lowest BCUT2D eigenvalue weighted by atomic mass is 10.3. The highest BCUT2D eigenvalue weighted by Crippen LogP contribution is 2.15. The zero-order valence-corrected chi connectivity index (χ0v) is 8.26. The Balaban J connectivity index is 2.18. The molecule has 2 heterocycles. The van der Waals surface area contributed by atoms with Crippen LogP contribution in [0.25, 0.3) is 0 Å². The van der Waals surface area contributed by atoms with E-state index in [-0.39, 0.29) is 11.6 Å². The maximum Gasteiger partial charge on any atom is 0.274 e. The molecule has 80 valence electrons. The van der Waals surface area contributed by atoms with Crippen LogP contribution in [0, 0.1) is 0 Å². The summed E-state index contributed by atoms with van der Waals surface area (Å²) in [7, 11) is 0. The highest BCUT2D eigenvalue weighted by Gasteiger charge is 2.26. The Morgan fingerprint density at radius 3 is 3.07 bits per heavy atom. The SMILES string of the molecule is Nc1cccnc1C(=O)N1CC[C@@H](O)C1. The summed E-state index contributed by atoms with van der Waals surface area (Å²) in [4.78, 5) is 17.4. The molecule has 1 aliphatic rings. The molecule has 0 spiro atoms. The van der Waals surface area contributed by atoms with Crippen LogP contribution in [-0.4, -0.2) is 40.1 Å². The van der Waals surface area contributed by atoms with Gasteiger partial charge >= 0.3 is 0 Å². The van der Waals surface area contributed by atoms with Crippen LogP contribution in [0.5, 0.6) is 0 Å². The summed E-state index contributed by atoms with van der Waals surface area (Å²) in [5, 5.41) is 9.32. The van der Waals surface area contributed by atoms with E-state index in [1.165, 1.54) is 6.20 Å². The Morgan fingerprint density at radius 1 is 1.67 bits per heavy atom. The molecule has 15 heavy (non-hydrogen) atoms. The van der Waals surface area contributed by atoms with Gasteiger partial charge in [-0.15, -0.1) is 0 Å². The minimum absolute atomic E-state index is 0.204. The van der Waals surface area contributed by atoms with Crippen molar-refractivity contribution >= 4 is 11.6 Å². The third-order valence-electron chi connectivity index (χ3n) is 2.49. The predicted molar refractivity (Wildman–Crippen MR) is 55.2 cm³/mol. The lowest BCUT2D eigenvalue weighted by molar-refractivity contribution is 0.0760. The standard InChI is InChI=1S/C10H13N3O2/c11-8-2-1-4-12-9(8)10(15)13-5-3-7(14)6-13/h1-2,4,7,14H,3,5-6,11H2/t7-/m1/s1. The second-order valence-electron chi connectivity index (χ2n) is 3.63. The molecule has 0 saturated carbocycles. The van der Waals surface area contributed by atoms with E-state index >= 15 is 0 Å². The molecule has 5 nitrogen and oxygen atoms in total. The third-order valence-corrected chi connectivity index (χ3v) is 2.49. The molecule has 1 aromatic rings. The van der Waals surface area contributed by atoms with Gasteiger partial charge in [0.25, 0.3) is 5.91 Å². The highest BCUT2D eigenvalue weighted by molar-refractivity contribution is 5.97. The van der Waals surface area contributed by atoms with Gasteiger partial charge in [-0.05, 0) is 18.6 Å².